The quantitative estimate of drug-likeness (QED) is 0.640. The molecule has 0 unspecified atom stereocenters. The summed E-state index contributed by atoms with van der Waals surface area (Å²) in [6, 6.07) is 6.20. The van der Waals surface area contributed by atoms with E-state index in [0.29, 0.717) is 30.5 Å². The second kappa shape index (κ2) is 7.59. The first-order chi connectivity index (χ1) is 11.6. The van der Waals surface area contributed by atoms with Crippen LogP contribution in [0, 0.1) is 5.82 Å². The van der Waals surface area contributed by atoms with E-state index >= 15 is 0 Å². The molecule has 3 rings (SSSR count). The Balaban J connectivity index is 1.67. The van der Waals surface area contributed by atoms with Crippen LogP contribution in [0.15, 0.2) is 47.3 Å². The lowest BCUT2D eigenvalue weighted by Crippen LogP contribution is -2.12. The van der Waals surface area contributed by atoms with Gasteiger partial charge in [-0.15, -0.1) is 0 Å². The van der Waals surface area contributed by atoms with Gasteiger partial charge in [0.1, 0.15) is 11.6 Å². The Bertz CT molecular complexity index is 827. The summed E-state index contributed by atoms with van der Waals surface area (Å²) in [5.41, 5.74) is 0.603. The molecule has 2 aromatic heterocycles. The van der Waals surface area contributed by atoms with Crippen molar-refractivity contribution in [2.75, 3.05) is 17.2 Å². The van der Waals surface area contributed by atoms with Gasteiger partial charge in [0.2, 0.25) is 5.95 Å². The normalized spacial score (nSPS) is 10.6. The molecule has 124 valence electrons. The molecule has 6 nitrogen and oxygen atoms in total. The van der Waals surface area contributed by atoms with Crippen LogP contribution in [0.3, 0.4) is 0 Å². The van der Waals surface area contributed by atoms with Gasteiger partial charge in [0, 0.05) is 30.8 Å². The van der Waals surface area contributed by atoms with Gasteiger partial charge in [0.25, 0.3) is 0 Å². The molecule has 0 amide bonds. The Kier molecular flexibility index (Phi) is 5.27. The number of halogens is 3. The van der Waals surface area contributed by atoms with E-state index < -0.39 is 5.82 Å². The number of nitrogens with one attached hydrogen (secondary N) is 2. The molecule has 0 saturated heterocycles. The summed E-state index contributed by atoms with van der Waals surface area (Å²) in [6.07, 6.45) is 5.26. The summed E-state index contributed by atoms with van der Waals surface area (Å²) < 4.78 is 15.8. The highest BCUT2D eigenvalue weighted by Gasteiger charge is 2.07. The summed E-state index contributed by atoms with van der Waals surface area (Å²) >= 11 is 9.18. The Morgan fingerprint density at radius 3 is 2.96 bits per heavy atom. The zero-order valence-corrected chi connectivity index (χ0v) is 14.7. The molecular weight excluding hydrogens is 399 g/mol. The van der Waals surface area contributed by atoms with Gasteiger partial charge in [-0.25, -0.2) is 9.37 Å². The van der Waals surface area contributed by atoms with Crippen LogP contribution in [-0.2, 0) is 6.54 Å². The topological polar surface area (TPSA) is 67.7 Å². The van der Waals surface area contributed by atoms with Crippen LogP contribution in [0.1, 0.15) is 0 Å². The molecule has 24 heavy (non-hydrogen) atoms. The van der Waals surface area contributed by atoms with E-state index in [1.165, 1.54) is 12.1 Å². The number of aromatic nitrogens is 4. The average Bonchev–Trinajstić information content (AvgIpc) is 3.07. The lowest BCUT2D eigenvalue weighted by molar-refractivity contribution is 0.628. The maximum atomic E-state index is 13.2. The van der Waals surface area contributed by atoms with Gasteiger partial charge in [-0.1, -0.05) is 11.6 Å². The van der Waals surface area contributed by atoms with Crippen LogP contribution >= 0.6 is 27.5 Å². The summed E-state index contributed by atoms with van der Waals surface area (Å²) in [6.45, 7) is 1.36. The van der Waals surface area contributed by atoms with E-state index in [-0.39, 0.29) is 5.02 Å². The fourth-order valence-electron chi connectivity index (χ4n) is 1.98. The molecule has 0 fully saturated rings. The molecule has 0 atom stereocenters. The Morgan fingerprint density at radius 1 is 1.33 bits per heavy atom. The number of nitrogens with zero attached hydrogens (tertiary/aromatic N) is 4. The van der Waals surface area contributed by atoms with E-state index in [1.807, 2.05) is 16.9 Å². The smallest absolute Gasteiger partial charge is 0.229 e. The molecule has 0 saturated carbocycles. The van der Waals surface area contributed by atoms with Crippen molar-refractivity contribution in [3.05, 3.63) is 58.2 Å². The summed E-state index contributed by atoms with van der Waals surface area (Å²) in [5.74, 6) is 0.551. The van der Waals surface area contributed by atoms with Crippen LogP contribution in [0.5, 0.6) is 0 Å². The van der Waals surface area contributed by atoms with Crippen molar-refractivity contribution in [1.82, 2.24) is 19.7 Å². The molecule has 3 aromatic rings. The minimum Gasteiger partial charge on any atom is -0.367 e. The van der Waals surface area contributed by atoms with Gasteiger partial charge in [-0.05, 0) is 40.2 Å². The molecule has 1 aromatic carbocycles. The maximum absolute atomic E-state index is 13.2. The minimum atomic E-state index is -0.472. The number of hydrogen-bond donors (Lipinski definition) is 2. The number of benzene rings is 1. The predicted molar refractivity (Wildman–Crippen MR) is 95.1 cm³/mol. The SMILES string of the molecule is Fc1ccc(Nc2ncc(Br)c(NCCn3cccn3)n2)cc1Cl. The molecule has 0 spiro atoms. The first kappa shape index (κ1) is 16.7. The zero-order valence-electron chi connectivity index (χ0n) is 12.4. The first-order valence-corrected chi connectivity index (χ1v) is 8.25. The second-order valence-electron chi connectivity index (χ2n) is 4.84. The van der Waals surface area contributed by atoms with Crippen molar-refractivity contribution in [1.29, 1.82) is 0 Å². The maximum Gasteiger partial charge on any atom is 0.229 e. The Hall–Kier alpha value is -2.19. The minimum absolute atomic E-state index is 0.0367. The van der Waals surface area contributed by atoms with E-state index in [4.69, 9.17) is 11.6 Å². The third kappa shape index (κ3) is 4.21. The molecule has 0 radical (unpaired) electrons. The third-order valence-electron chi connectivity index (χ3n) is 3.11. The van der Waals surface area contributed by atoms with Crippen LogP contribution < -0.4 is 10.6 Å². The molecular formula is C15H13BrClFN6. The highest BCUT2D eigenvalue weighted by Crippen LogP contribution is 2.24. The van der Waals surface area contributed by atoms with Crippen molar-refractivity contribution in [2.45, 2.75) is 6.54 Å². The van der Waals surface area contributed by atoms with Crippen molar-refractivity contribution < 1.29 is 4.39 Å². The number of rotatable bonds is 6. The third-order valence-corrected chi connectivity index (χ3v) is 3.98. The molecule has 0 bridgehead atoms. The average molecular weight is 412 g/mol. The van der Waals surface area contributed by atoms with E-state index in [9.17, 15) is 4.39 Å². The van der Waals surface area contributed by atoms with Crippen molar-refractivity contribution in [3.8, 4) is 0 Å². The zero-order chi connectivity index (χ0) is 16.9. The van der Waals surface area contributed by atoms with Crippen molar-refractivity contribution >= 4 is 45.0 Å². The van der Waals surface area contributed by atoms with Crippen LogP contribution in [0.25, 0.3) is 0 Å². The number of anilines is 3. The van der Waals surface area contributed by atoms with E-state index in [1.54, 1.807) is 18.5 Å². The lowest BCUT2D eigenvalue weighted by Gasteiger charge is -2.10. The number of hydrogen-bond acceptors (Lipinski definition) is 5. The summed E-state index contributed by atoms with van der Waals surface area (Å²) in [4.78, 5) is 8.57. The Morgan fingerprint density at radius 2 is 2.21 bits per heavy atom. The van der Waals surface area contributed by atoms with Crippen molar-refractivity contribution in [3.63, 3.8) is 0 Å². The van der Waals surface area contributed by atoms with Gasteiger partial charge >= 0.3 is 0 Å². The largest absolute Gasteiger partial charge is 0.367 e. The van der Waals surface area contributed by atoms with Crippen LogP contribution in [0.4, 0.5) is 21.8 Å². The first-order valence-electron chi connectivity index (χ1n) is 7.08. The Labute approximate surface area is 151 Å². The van der Waals surface area contributed by atoms with Gasteiger partial charge in [-0.3, -0.25) is 4.68 Å². The molecule has 2 N–H and O–H groups in total. The lowest BCUT2D eigenvalue weighted by atomic mass is 10.3. The van der Waals surface area contributed by atoms with Crippen LogP contribution in [0.2, 0.25) is 5.02 Å². The standard InChI is InChI=1S/C15H13BrClFN6/c16-11-9-20-15(22-10-2-3-13(18)12(17)8-10)23-14(11)19-5-7-24-6-1-4-21-24/h1-4,6,8-9H,5,7H2,(H2,19,20,22,23). The fourth-order valence-corrected chi connectivity index (χ4v) is 2.49. The molecule has 0 aliphatic carbocycles. The van der Waals surface area contributed by atoms with E-state index in [0.717, 1.165) is 4.47 Å². The summed E-state index contributed by atoms with van der Waals surface area (Å²) in [5, 5.41) is 10.4. The fraction of sp³-hybridized carbons (Fsp3) is 0.133. The molecule has 0 aliphatic heterocycles. The highest BCUT2D eigenvalue weighted by atomic mass is 79.9. The molecule has 9 heteroatoms. The van der Waals surface area contributed by atoms with Gasteiger partial charge in [0.15, 0.2) is 0 Å². The molecule has 0 aliphatic rings. The summed E-state index contributed by atoms with van der Waals surface area (Å²) in [7, 11) is 0. The monoisotopic (exact) mass is 410 g/mol. The van der Waals surface area contributed by atoms with E-state index in [2.05, 4.69) is 41.6 Å². The second-order valence-corrected chi connectivity index (χ2v) is 6.10. The predicted octanol–water partition coefficient (Wildman–Crippen LogP) is 4.08. The van der Waals surface area contributed by atoms with Gasteiger partial charge in [-0.2, -0.15) is 10.1 Å². The highest BCUT2D eigenvalue weighted by molar-refractivity contribution is 9.10. The van der Waals surface area contributed by atoms with Crippen molar-refractivity contribution in [2.24, 2.45) is 0 Å². The molecule has 2 heterocycles. The van der Waals surface area contributed by atoms with Gasteiger partial charge < -0.3 is 10.6 Å². The van der Waals surface area contributed by atoms with Gasteiger partial charge in [0.05, 0.1) is 16.0 Å². The van der Waals surface area contributed by atoms with Crippen LogP contribution in [-0.4, -0.2) is 26.3 Å².